The number of ether oxygens (including phenoxy) is 2. The minimum atomic E-state index is 0.374. The molecule has 1 aliphatic carbocycles. The quantitative estimate of drug-likeness (QED) is 0.756. The molecular formula is C13H18O2. The summed E-state index contributed by atoms with van der Waals surface area (Å²) in [5.74, 6) is 0.985. The third-order valence-electron chi connectivity index (χ3n) is 3.00. The number of hydrogen-bond donors (Lipinski definition) is 0. The van der Waals surface area contributed by atoms with E-state index in [1.54, 1.807) is 7.11 Å². The zero-order valence-corrected chi connectivity index (χ0v) is 9.19. The molecule has 1 saturated carbocycles. The van der Waals surface area contributed by atoms with Gasteiger partial charge in [-0.1, -0.05) is 18.2 Å². The molecule has 1 fully saturated rings. The number of para-hydroxylation sites is 1. The third-order valence-corrected chi connectivity index (χ3v) is 3.00. The lowest BCUT2D eigenvalue weighted by Gasteiger charge is -2.28. The summed E-state index contributed by atoms with van der Waals surface area (Å²) >= 11 is 0. The summed E-state index contributed by atoms with van der Waals surface area (Å²) in [7, 11) is 1.79. The molecule has 1 aromatic rings. The summed E-state index contributed by atoms with van der Waals surface area (Å²) in [6.45, 7) is 0. The Morgan fingerprint density at radius 3 is 2.13 bits per heavy atom. The van der Waals surface area contributed by atoms with E-state index in [2.05, 4.69) is 0 Å². The minimum Gasteiger partial charge on any atom is -0.490 e. The molecule has 2 heteroatoms. The van der Waals surface area contributed by atoms with Crippen molar-refractivity contribution in [1.82, 2.24) is 0 Å². The van der Waals surface area contributed by atoms with Gasteiger partial charge in [0.2, 0.25) is 0 Å². The van der Waals surface area contributed by atoms with Crippen molar-refractivity contribution in [2.75, 3.05) is 7.11 Å². The smallest absolute Gasteiger partial charge is 0.119 e. The van der Waals surface area contributed by atoms with E-state index in [0.717, 1.165) is 31.4 Å². The van der Waals surface area contributed by atoms with Gasteiger partial charge in [0.1, 0.15) is 5.75 Å². The van der Waals surface area contributed by atoms with Gasteiger partial charge in [-0.25, -0.2) is 0 Å². The van der Waals surface area contributed by atoms with Gasteiger partial charge in [-0.3, -0.25) is 0 Å². The second-order valence-corrected chi connectivity index (χ2v) is 4.07. The Morgan fingerprint density at radius 2 is 1.53 bits per heavy atom. The van der Waals surface area contributed by atoms with Crippen LogP contribution in [0.25, 0.3) is 0 Å². The average molecular weight is 206 g/mol. The molecule has 0 bridgehead atoms. The molecule has 0 aliphatic heterocycles. The highest BCUT2D eigenvalue weighted by Gasteiger charge is 2.21. The van der Waals surface area contributed by atoms with Gasteiger partial charge >= 0.3 is 0 Å². The fourth-order valence-corrected chi connectivity index (χ4v) is 2.08. The average Bonchev–Trinajstić information content (AvgIpc) is 2.31. The van der Waals surface area contributed by atoms with Gasteiger partial charge < -0.3 is 9.47 Å². The largest absolute Gasteiger partial charge is 0.490 e. The van der Waals surface area contributed by atoms with Gasteiger partial charge in [0, 0.05) is 7.11 Å². The van der Waals surface area contributed by atoms with Crippen LogP contribution in [0, 0.1) is 0 Å². The normalized spacial score (nSPS) is 26.2. The highest BCUT2D eigenvalue weighted by Crippen LogP contribution is 2.24. The van der Waals surface area contributed by atoms with Crippen LogP contribution >= 0.6 is 0 Å². The van der Waals surface area contributed by atoms with Crippen molar-refractivity contribution in [2.24, 2.45) is 0 Å². The van der Waals surface area contributed by atoms with Crippen LogP contribution in [0.5, 0.6) is 5.75 Å². The number of rotatable bonds is 3. The monoisotopic (exact) mass is 206 g/mol. The van der Waals surface area contributed by atoms with Crippen LogP contribution in [0.2, 0.25) is 0 Å². The van der Waals surface area contributed by atoms with Crippen molar-refractivity contribution in [2.45, 2.75) is 37.9 Å². The number of hydrogen-bond acceptors (Lipinski definition) is 2. The molecule has 0 amide bonds. The van der Waals surface area contributed by atoms with Crippen LogP contribution < -0.4 is 4.74 Å². The predicted molar refractivity (Wildman–Crippen MR) is 60.1 cm³/mol. The number of benzene rings is 1. The molecule has 0 spiro atoms. The van der Waals surface area contributed by atoms with Gasteiger partial charge in [-0.05, 0) is 37.8 Å². The summed E-state index contributed by atoms with van der Waals surface area (Å²) < 4.78 is 11.2. The molecule has 0 heterocycles. The number of methoxy groups -OCH3 is 1. The zero-order valence-electron chi connectivity index (χ0n) is 9.19. The van der Waals surface area contributed by atoms with E-state index in [9.17, 15) is 0 Å². The first-order valence-electron chi connectivity index (χ1n) is 5.63. The molecule has 0 aromatic heterocycles. The first kappa shape index (κ1) is 10.5. The molecule has 1 aromatic carbocycles. The molecule has 1 aliphatic rings. The maximum Gasteiger partial charge on any atom is 0.119 e. The van der Waals surface area contributed by atoms with Gasteiger partial charge in [0.05, 0.1) is 12.2 Å². The zero-order chi connectivity index (χ0) is 10.5. The first-order valence-corrected chi connectivity index (χ1v) is 5.63. The second-order valence-electron chi connectivity index (χ2n) is 4.07. The van der Waals surface area contributed by atoms with Crippen molar-refractivity contribution >= 4 is 0 Å². The standard InChI is InChI=1S/C13H18O2/c1-14-11-7-9-13(10-8-11)15-12-5-3-2-4-6-12/h2-6,11,13H,7-10H2,1H3/t11-,13-. The Hall–Kier alpha value is -1.02. The van der Waals surface area contributed by atoms with E-state index < -0.39 is 0 Å². The molecule has 0 N–H and O–H groups in total. The fourth-order valence-electron chi connectivity index (χ4n) is 2.08. The minimum absolute atomic E-state index is 0.374. The topological polar surface area (TPSA) is 18.5 Å². The molecule has 0 atom stereocenters. The van der Waals surface area contributed by atoms with Gasteiger partial charge in [-0.15, -0.1) is 0 Å². The van der Waals surface area contributed by atoms with E-state index >= 15 is 0 Å². The summed E-state index contributed by atoms with van der Waals surface area (Å²) in [6.07, 6.45) is 5.27. The van der Waals surface area contributed by atoms with Crippen molar-refractivity contribution in [3.05, 3.63) is 30.3 Å². The Labute approximate surface area is 91.2 Å². The molecule has 0 saturated heterocycles. The second kappa shape index (κ2) is 5.17. The molecule has 15 heavy (non-hydrogen) atoms. The van der Waals surface area contributed by atoms with Crippen LogP contribution in [-0.4, -0.2) is 19.3 Å². The fraction of sp³-hybridized carbons (Fsp3) is 0.538. The third kappa shape index (κ3) is 2.96. The summed E-state index contributed by atoms with van der Waals surface area (Å²) in [6, 6.07) is 10.1. The maximum absolute atomic E-state index is 5.89. The van der Waals surface area contributed by atoms with Crippen LogP contribution in [-0.2, 0) is 4.74 Å². The summed E-state index contributed by atoms with van der Waals surface area (Å²) in [4.78, 5) is 0. The van der Waals surface area contributed by atoms with Crippen molar-refractivity contribution < 1.29 is 9.47 Å². The van der Waals surface area contributed by atoms with E-state index in [1.165, 1.54) is 0 Å². The maximum atomic E-state index is 5.89. The lowest BCUT2D eigenvalue weighted by atomic mass is 9.95. The van der Waals surface area contributed by atoms with Gasteiger partial charge in [0.25, 0.3) is 0 Å². The van der Waals surface area contributed by atoms with Crippen LogP contribution in [0.1, 0.15) is 25.7 Å². The van der Waals surface area contributed by atoms with Crippen molar-refractivity contribution in [1.29, 1.82) is 0 Å². The Morgan fingerprint density at radius 1 is 0.933 bits per heavy atom. The SMILES string of the molecule is CO[C@H]1CC[C@H](Oc2ccccc2)CC1. The highest BCUT2D eigenvalue weighted by atomic mass is 16.5. The molecule has 2 nitrogen and oxygen atoms in total. The van der Waals surface area contributed by atoms with Crippen LogP contribution in [0.4, 0.5) is 0 Å². The van der Waals surface area contributed by atoms with E-state index in [4.69, 9.17) is 9.47 Å². The summed E-state index contributed by atoms with van der Waals surface area (Å²) in [5.41, 5.74) is 0. The van der Waals surface area contributed by atoms with E-state index in [-0.39, 0.29) is 0 Å². The first-order chi connectivity index (χ1) is 7.38. The summed E-state index contributed by atoms with van der Waals surface area (Å²) in [5, 5.41) is 0. The van der Waals surface area contributed by atoms with Crippen LogP contribution in [0.15, 0.2) is 30.3 Å². The lowest BCUT2D eigenvalue weighted by Crippen LogP contribution is -2.27. The molecule has 0 radical (unpaired) electrons. The Kier molecular flexibility index (Phi) is 3.62. The predicted octanol–water partition coefficient (Wildman–Crippen LogP) is 3.02. The molecule has 2 rings (SSSR count). The van der Waals surface area contributed by atoms with Gasteiger partial charge in [0.15, 0.2) is 0 Å². The Bertz CT molecular complexity index is 276. The Balaban J connectivity index is 1.82. The van der Waals surface area contributed by atoms with Crippen LogP contribution in [0.3, 0.4) is 0 Å². The molecule has 0 unspecified atom stereocenters. The van der Waals surface area contributed by atoms with Gasteiger partial charge in [-0.2, -0.15) is 0 Å². The van der Waals surface area contributed by atoms with Crippen molar-refractivity contribution in [3.63, 3.8) is 0 Å². The lowest BCUT2D eigenvalue weighted by molar-refractivity contribution is 0.0327. The van der Waals surface area contributed by atoms with E-state index in [0.29, 0.717) is 12.2 Å². The molecular weight excluding hydrogens is 188 g/mol. The van der Waals surface area contributed by atoms with Crippen molar-refractivity contribution in [3.8, 4) is 5.75 Å². The highest BCUT2D eigenvalue weighted by molar-refractivity contribution is 5.21. The van der Waals surface area contributed by atoms with E-state index in [1.807, 2.05) is 30.3 Å². The molecule has 82 valence electrons.